The lowest BCUT2D eigenvalue weighted by Gasteiger charge is -2.07. The van der Waals surface area contributed by atoms with Gasteiger partial charge in [-0.15, -0.1) is 0 Å². The number of carbonyl (C=O) groups is 1. The van der Waals surface area contributed by atoms with Crippen LogP contribution in [0, 0.1) is 17.0 Å². The number of aliphatic hydroxyl groups excluding tert-OH is 1. The van der Waals surface area contributed by atoms with Crippen molar-refractivity contribution < 1.29 is 23.7 Å². The monoisotopic (exact) mass is 478 g/mol. The smallest absolute Gasteiger partial charge is 0.280 e. The van der Waals surface area contributed by atoms with Crippen molar-refractivity contribution in [3.8, 4) is 22.6 Å². The van der Waals surface area contributed by atoms with Crippen LogP contribution in [0.15, 0.2) is 75.6 Å². The summed E-state index contributed by atoms with van der Waals surface area (Å²) >= 11 is 6.22. The van der Waals surface area contributed by atoms with Crippen LogP contribution >= 0.6 is 11.6 Å². The van der Waals surface area contributed by atoms with Crippen molar-refractivity contribution in [2.75, 3.05) is 5.32 Å². The van der Waals surface area contributed by atoms with E-state index in [0.717, 1.165) is 5.56 Å². The van der Waals surface area contributed by atoms with Crippen molar-refractivity contribution in [3.63, 3.8) is 0 Å². The van der Waals surface area contributed by atoms with Gasteiger partial charge >= 0.3 is 0 Å². The lowest BCUT2D eigenvalue weighted by atomic mass is 10.1. The molecule has 2 aromatic carbocycles. The van der Waals surface area contributed by atoms with Crippen LogP contribution in [0.25, 0.3) is 28.7 Å². The molecule has 34 heavy (non-hydrogen) atoms. The number of furan rings is 2. The van der Waals surface area contributed by atoms with Crippen LogP contribution < -0.4 is 5.32 Å². The van der Waals surface area contributed by atoms with Crippen molar-refractivity contribution in [2.24, 2.45) is 0 Å². The molecule has 1 amide bonds. The summed E-state index contributed by atoms with van der Waals surface area (Å²) in [5, 5.41) is 23.6. The molecule has 2 aromatic heterocycles. The van der Waals surface area contributed by atoms with E-state index in [1.165, 1.54) is 18.2 Å². The average Bonchev–Trinajstić information content (AvgIpc) is 3.49. The Morgan fingerprint density at radius 1 is 1.09 bits per heavy atom. The molecule has 172 valence electrons. The van der Waals surface area contributed by atoms with Gasteiger partial charge in [-0.3, -0.25) is 14.9 Å². The van der Waals surface area contributed by atoms with E-state index in [1.54, 1.807) is 61.5 Å². The Balaban J connectivity index is 1.49. The topological polar surface area (TPSA) is 119 Å². The number of amides is 1. The Hall–Kier alpha value is -4.14. The van der Waals surface area contributed by atoms with Crippen LogP contribution in [0.4, 0.5) is 11.4 Å². The second-order valence-corrected chi connectivity index (χ2v) is 7.83. The van der Waals surface area contributed by atoms with Gasteiger partial charge in [0.15, 0.2) is 0 Å². The van der Waals surface area contributed by atoms with Crippen molar-refractivity contribution in [3.05, 3.63) is 99.0 Å². The molecule has 0 unspecified atom stereocenters. The summed E-state index contributed by atoms with van der Waals surface area (Å²) in [4.78, 5) is 23.4. The molecule has 0 aliphatic heterocycles. The number of nitrogens with one attached hydrogen (secondary N) is 1. The van der Waals surface area contributed by atoms with Gasteiger partial charge in [0.25, 0.3) is 5.69 Å². The number of anilines is 1. The number of nitro groups is 1. The summed E-state index contributed by atoms with van der Waals surface area (Å²) in [5.74, 6) is 1.18. The number of nitrogens with zero attached hydrogens (tertiary/aromatic N) is 1. The zero-order chi connectivity index (χ0) is 24.2. The highest BCUT2D eigenvalue weighted by molar-refractivity contribution is 6.34. The van der Waals surface area contributed by atoms with Crippen LogP contribution in [0.5, 0.6) is 0 Å². The molecule has 0 aliphatic rings. The first-order valence-corrected chi connectivity index (χ1v) is 10.6. The first-order valence-electron chi connectivity index (χ1n) is 10.2. The molecule has 2 N–H and O–H groups in total. The highest BCUT2D eigenvalue weighted by Crippen LogP contribution is 2.33. The van der Waals surface area contributed by atoms with Gasteiger partial charge in [-0.25, -0.2) is 0 Å². The Morgan fingerprint density at radius 2 is 1.88 bits per heavy atom. The minimum Gasteiger partial charge on any atom is -0.459 e. The molecule has 0 aliphatic carbocycles. The third-order valence-electron chi connectivity index (χ3n) is 4.97. The zero-order valence-electron chi connectivity index (χ0n) is 17.9. The van der Waals surface area contributed by atoms with Crippen LogP contribution in [0.3, 0.4) is 0 Å². The van der Waals surface area contributed by atoms with Gasteiger partial charge in [-0.2, -0.15) is 0 Å². The largest absolute Gasteiger partial charge is 0.459 e. The fourth-order valence-electron chi connectivity index (χ4n) is 3.31. The van der Waals surface area contributed by atoms with E-state index < -0.39 is 10.8 Å². The van der Waals surface area contributed by atoms with Crippen LogP contribution in [-0.2, 0) is 11.4 Å². The molecule has 4 aromatic rings. The van der Waals surface area contributed by atoms with Gasteiger partial charge in [0.05, 0.1) is 21.2 Å². The highest BCUT2D eigenvalue weighted by atomic mass is 35.5. The predicted molar refractivity (Wildman–Crippen MR) is 128 cm³/mol. The van der Waals surface area contributed by atoms with Crippen LogP contribution in [0.2, 0.25) is 5.02 Å². The molecule has 9 heteroatoms. The summed E-state index contributed by atoms with van der Waals surface area (Å²) in [6, 6.07) is 16.5. The molecule has 0 bridgehead atoms. The Labute approximate surface area is 199 Å². The Bertz CT molecular complexity index is 1400. The minimum absolute atomic E-state index is 0.0557. The second-order valence-electron chi connectivity index (χ2n) is 7.42. The molecule has 0 saturated heterocycles. The van der Waals surface area contributed by atoms with Crippen LogP contribution in [-0.4, -0.2) is 15.9 Å². The van der Waals surface area contributed by atoms with E-state index in [1.807, 2.05) is 0 Å². The number of aryl methyl sites for hydroxylation is 1. The van der Waals surface area contributed by atoms with E-state index in [-0.39, 0.29) is 12.3 Å². The normalized spacial score (nSPS) is 11.1. The lowest BCUT2D eigenvalue weighted by Crippen LogP contribution is -2.08. The standard InChI is InChI=1S/C25H19ClN2O6/c1-15-2-7-19(22(12-15)28(31)32)24-10-4-17(33-24)6-11-25(30)27-21-13-16(3-8-20(21)26)23-9-5-18(14-29)34-23/h2-13,29H,14H2,1H3,(H,27,30)/b11-6+. The maximum atomic E-state index is 12.4. The van der Waals surface area contributed by atoms with Gasteiger partial charge in [0, 0.05) is 17.7 Å². The molecular formula is C25H19ClN2O6. The maximum Gasteiger partial charge on any atom is 0.280 e. The number of nitro benzene ring substituents is 1. The van der Waals surface area contributed by atoms with Crippen molar-refractivity contribution in [2.45, 2.75) is 13.5 Å². The van der Waals surface area contributed by atoms with E-state index in [4.69, 9.17) is 25.5 Å². The highest BCUT2D eigenvalue weighted by Gasteiger charge is 2.18. The van der Waals surface area contributed by atoms with Gasteiger partial charge < -0.3 is 19.3 Å². The van der Waals surface area contributed by atoms with Crippen molar-refractivity contribution in [1.82, 2.24) is 0 Å². The van der Waals surface area contributed by atoms with Crippen molar-refractivity contribution >= 4 is 35.0 Å². The molecule has 0 atom stereocenters. The quantitative estimate of drug-likeness (QED) is 0.185. The molecule has 8 nitrogen and oxygen atoms in total. The summed E-state index contributed by atoms with van der Waals surface area (Å²) in [7, 11) is 0. The Morgan fingerprint density at radius 3 is 2.62 bits per heavy atom. The number of halogens is 1. The summed E-state index contributed by atoms with van der Waals surface area (Å²) in [5.41, 5.74) is 2.12. The third kappa shape index (κ3) is 5.09. The number of rotatable bonds is 7. The van der Waals surface area contributed by atoms with E-state index in [9.17, 15) is 14.9 Å². The number of aliphatic hydroxyl groups is 1. The average molecular weight is 479 g/mol. The maximum absolute atomic E-state index is 12.4. The second kappa shape index (κ2) is 9.78. The van der Waals surface area contributed by atoms with Crippen molar-refractivity contribution in [1.29, 1.82) is 0 Å². The molecule has 0 radical (unpaired) electrons. The lowest BCUT2D eigenvalue weighted by molar-refractivity contribution is -0.384. The van der Waals surface area contributed by atoms with E-state index in [0.29, 0.717) is 44.9 Å². The fourth-order valence-corrected chi connectivity index (χ4v) is 3.48. The number of hydrogen-bond acceptors (Lipinski definition) is 6. The van der Waals surface area contributed by atoms with Gasteiger partial charge in [-0.1, -0.05) is 17.7 Å². The Kier molecular flexibility index (Phi) is 6.62. The summed E-state index contributed by atoms with van der Waals surface area (Å²) in [6.45, 7) is 1.56. The number of carbonyl (C=O) groups excluding carboxylic acids is 1. The number of hydrogen-bond donors (Lipinski definition) is 2. The molecule has 0 saturated carbocycles. The van der Waals surface area contributed by atoms with Gasteiger partial charge in [-0.05, 0) is 67.1 Å². The number of benzene rings is 2. The van der Waals surface area contributed by atoms with Gasteiger partial charge in [0.1, 0.15) is 29.6 Å². The zero-order valence-corrected chi connectivity index (χ0v) is 18.7. The first kappa shape index (κ1) is 23.0. The molecule has 0 spiro atoms. The molecule has 2 heterocycles. The molecule has 4 rings (SSSR count). The fraction of sp³-hybridized carbons (Fsp3) is 0.0800. The SMILES string of the molecule is Cc1ccc(-c2ccc(/C=C/C(=O)Nc3cc(-c4ccc(CO)o4)ccc3Cl)o2)c([N+](=O)[O-])c1. The first-order chi connectivity index (χ1) is 16.3. The van der Waals surface area contributed by atoms with Crippen LogP contribution in [0.1, 0.15) is 17.1 Å². The summed E-state index contributed by atoms with van der Waals surface area (Å²) < 4.78 is 11.2. The van der Waals surface area contributed by atoms with E-state index in [2.05, 4.69) is 5.32 Å². The summed E-state index contributed by atoms with van der Waals surface area (Å²) in [6.07, 6.45) is 2.72. The molecule has 0 fully saturated rings. The minimum atomic E-state index is -0.459. The predicted octanol–water partition coefficient (Wildman–Crippen LogP) is 6.22. The van der Waals surface area contributed by atoms with E-state index >= 15 is 0 Å². The third-order valence-corrected chi connectivity index (χ3v) is 5.30. The van der Waals surface area contributed by atoms with Gasteiger partial charge in [0.2, 0.25) is 5.91 Å². The molecular weight excluding hydrogens is 460 g/mol.